The molecule has 1 aromatic rings. The Kier molecular flexibility index (Phi) is 8.96. The quantitative estimate of drug-likeness (QED) is 0.490. The van der Waals surface area contributed by atoms with Gasteiger partial charge in [-0.1, -0.05) is 0 Å². The highest BCUT2D eigenvalue weighted by Gasteiger charge is 2.52. The van der Waals surface area contributed by atoms with Crippen LogP contribution < -0.4 is 10.6 Å². The molecule has 0 spiro atoms. The third-order valence-corrected chi connectivity index (χ3v) is 6.10. The zero-order valence-corrected chi connectivity index (χ0v) is 19.4. The second-order valence-electron chi connectivity index (χ2n) is 9.17. The lowest BCUT2D eigenvalue weighted by Gasteiger charge is -2.32. The summed E-state index contributed by atoms with van der Waals surface area (Å²) >= 11 is 0. The molecule has 1 aliphatic rings. The summed E-state index contributed by atoms with van der Waals surface area (Å²) in [5.41, 5.74) is -6.45. The zero-order chi connectivity index (χ0) is 27.5. The van der Waals surface area contributed by atoms with Crippen LogP contribution in [0.4, 0.5) is 39.5 Å². The van der Waals surface area contributed by atoms with Gasteiger partial charge in [-0.3, -0.25) is 9.59 Å². The number of nitrogens with zero attached hydrogens (tertiary/aromatic N) is 1. The van der Waals surface area contributed by atoms with E-state index in [9.17, 15) is 49.1 Å². The maximum absolute atomic E-state index is 13.0. The Balaban J connectivity index is 1.85. The van der Waals surface area contributed by atoms with Gasteiger partial charge in [-0.25, -0.2) is 0 Å². The van der Waals surface area contributed by atoms with E-state index >= 15 is 0 Å². The Hall–Kier alpha value is -2.51. The molecule has 204 valence electrons. The Bertz CT molecular complexity index is 900. The number of nitrogens with one attached hydrogen (secondary N) is 2. The molecule has 0 atom stereocenters. The van der Waals surface area contributed by atoms with Gasteiger partial charge in [-0.15, -0.1) is 0 Å². The SMILES string of the molecule is CC(C)(C(=O)NCCN1CCC(CNC(=O)c2cc(C(F)(F)F)cc(C(F)(F)F)c2)CC1)C(F)(F)F. The van der Waals surface area contributed by atoms with Crippen LogP contribution in [0.25, 0.3) is 0 Å². The minimum Gasteiger partial charge on any atom is -0.354 e. The molecule has 1 fully saturated rings. The van der Waals surface area contributed by atoms with Gasteiger partial charge >= 0.3 is 18.5 Å². The van der Waals surface area contributed by atoms with E-state index < -0.39 is 52.4 Å². The summed E-state index contributed by atoms with van der Waals surface area (Å²) in [7, 11) is 0. The fourth-order valence-corrected chi connectivity index (χ4v) is 3.52. The van der Waals surface area contributed by atoms with Crippen molar-refractivity contribution in [3.63, 3.8) is 0 Å². The molecule has 2 rings (SSSR count). The second-order valence-corrected chi connectivity index (χ2v) is 9.17. The van der Waals surface area contributed by atoms with Crippen LogP contribution >= 0.6 is 0 Å². The average molecular weight is 535 g/mol. The lowest BCUT2D eigenvalue weighted by Crippen LogP contribution is -2.49. The highest BCUT2D eigenvalue weighted by Crippen LogP contribution is 2.38. The molecule has 0 aliphatic carbocycles. The average Bonchev–Trinajstić information content (AvgIpc) is 2.76. The van der Waals surface area contributed by atoms with Crippen LogP contribution in [0.5, 0.6) is 0 Å². The summed E-state index contributed by atoms with van der Waals surface area (Å²) in [6, 6.07) is 0.669. The van der Waals surface area contributed by atoms with Crippen LogP contribution in [-0.4, -0.2) is 55.6 Å². The van der Waals surface area contributed by atoms with E-state index in [4.69, 9.17) is 0 Å². The van der Waals surface area contributed by atoms with Gasteiger partial charge in [0, 0.05) is 25.2 Å². The van der Waals surface area contributed by atoms with Crippen molar-refractivity contribution < 1.29 is 49.1 Å². The summed E-state index contributed by atoms with van der Waals surface area (Å²) in [6.45, 7) is 2.86. The van der Waals surface area contributed by atoms with Gasteiger partial charge in [-0.2, -0.15) is 39.5 Å². The van der Waals surface area contributed by atoms with Crippen molar-refractivity contribution in [1.82, 2.24) is 15.5 Å². The third kappa shape index (κ3) is 7.74. The Morgan fingerprint density at radius 1 is 0.861 bits per heavy atom. The number of rotatable bonds is 7. The van der Waals surface area contributed by atoms with E-state index in [0.29, 0.717) is 44.6 Å². The molecule has 1 heterocycles. The Morgan fingerprint density at radius 3 is 1.81 bits per heavy atom. The number of amides is 2. The number of likely N-dealkylation sites (tertiary alicyclic amines) is 1. The van der Waals surface area contributed by atoms with Crippen molar-refractivity contribution in [2.45, 2.75) is 45.2 Å². The van der Waals surface area contributed by atoms with Crippen LogP contribution in [0.2, 0.25) is 0 Å². The number of benzene rings is 1. The first-order valence-corrected chi connectivity index (χ1v) is 11.0. The first-order chi connectivity index (χ1) is 16.3. The van der Waals surface area contributed by atoms with E-state index in [1.165, 1.54) is 0 Å². The highest BCUT2D eigenvalue weighted by molar-refractivity contribution is 5.94. The van der Waals surface area contributed by atoms with E-state index in [1.807, 2.05) is 4.90 Å². The molecule has 1 aliphatic heterocycles. The summed E-state index contributed by atoms with van der Waals surface area (Å²) in [5, 5.41) is 4.63. The van der Waals surface area contributed by atoms with Gasteiger partial charge in [0.15, 0.2) is 0 Å². The fourth-order valence-electron chi connectivity index (χ4n) is 3.52. The van der Waals surface area contributed by atoms with E-state index in [1.54, 1.807) is 0 Å². The highest BCUT2D eigenvalue weighted by atomic mass is 19.4. The summed E-state index contributed by atoms with van der Waals surface area (Å²) in [5.74, 6) is -2.31. The van der Waals surface area contributed by atoms with Gasteiger partial charge < -0.3 is 15.5 Å². The third-order valence-electron chi connectivity index (χ3n) is 6.10. The summed E-state index contributed by atoms with van der Waals surface area (Å²) in [4.78, 5) is 26.0. The first kappa shape index (κ1) is 29.7. The minimum atomic E-state index is -5.06. The lowest BCUT2D eigenvalue weighted by molar-refractivity contribution is -0.211. The molecule has 2 N–H and O–H groups in total. The summed E-state index contributed by atoms with van der Waals surface area (Å²) in [6.07, 6.45) is -13.8. The Morgan fingerprint density at radius 2 is 1.36 bits per heavy atom. The van der Waals surface area contributed by atoms with Crippen LogP contribution in [0.15, 0.2) is 18.2 Å². The van der Waals surface area contributed by atoms with Crippen LogP contribution in [0, 0.1) is 11.3 Å². The van der Waals surface area contributed by atoms with Crippen LogP contribution in [0.1, 0.15) is 48.2 Å². The maximum Gasteiger partial charge on any atom is 0.416 e. The van der Waals surface area contributed by atoms with Crippen molar-refractivity contribution in [2.75, 3.05) is 32.7 Å². The van der Waals surface area contributed by atoms with Crippen molar-refractivity contribution in [3.05, 3.63) is 34.9 Å². The molecule has 0 radical (unpaired) electrons. The molecular formula is C22H26F9N3O2. The van der Waals surface area contributed by atoms with Crippen LogP contribution in [0.3, 0.4) is 0 Å². The number of carbonyl (C=O) groups is 2. The van der Waals surface area contributed by atoms with Gasteiger partial charge in [0.05, 0.1) is 11.1 Å². The first-order valence-electron chi connectivity index (χ1n) is 11.0. The molecule has 1 aromatic carbocycles. The molecule has 0 unspecified atom stereocenters. The maximum atomic E-state index is 13.0. The zero-order valence-electron chi connectivity index (χ0n) is 19.4. The van der Waals surface area contributed by atoms with Crippen LogP contribution in [-0.2, 0) is 17.1 Å². The fraction of sp³-hybridized carbons (Fsp3) is 0.636. The topological polar surface area (TPSA) is 61.4 Å². The number of carbonyl (C=O) groups excluding carboxylic acids is 2. The van der Waals surface area contributed by atoms with Crippen molar-refractivity contribution in [1.29, 1.82) is 0 Å². The molecule has 0 aromatic heterocycles. The van der Waals surface area contributed by atoms with Crippen molar-refractivity contribution in [2.24, 2.45) is 11.3 Å². The molecule has 0 saturated carbocycles. The van der Waals surface area contributed by atoms with Gasteiger partial charge in [0.1, 0.15) is 5.41 Å². The van der Waals surface area contributed by atoms with Gasteiger partial charge in [0.2, 0.25) is 5.91 Å². The van der Waals surface area contributed by atoms with Crippen molar-refractivity contribution >= 4 is 11.8 Å². The number of halogens is 9. The molecular weight excluding hydrogens is 509 g/mol. The van der Waals surface area contributed by atoms with Crippen molar-refractivity contribution in [3.8, 4) is 0 Å². The lowest BCUT2D eigenvalue weighted by atomic mass is 9.91. The monoisotopic (exact) mass is 535 g/mol. The van der Waals surface area contributed by atoms with E-state index in [-0.39, 0.29) is 25.1 Å². The minimum absolute atomic E-state index is 0.00314. The number of hydrogen-bond acceptors (Lipinski definition) is 3. The normalized spacial score (nSPS) is 16.6. The number of piperidine rings is 1. The molecule has 0 bridgehead atoms. The standard InChI is InChI=1S/C22H26F9N3O2/c1-19(2,22(29,30)31)18(36)32-5-8-34-6-3-13(4-7-34)12-33-17(35)14-9-15(20(23,24)25)11-16(10-14)21(26,27)28/h9-11,13H,3-8,12H2,1-2H3,(H,32,36)(H,33,35). The second kappa shape index (κ2) is 10.9. The molecule has 1 saturated heterocycles. The largest absolute Gasteiger partial charge is 0.416 e. The smallest absolute Gasteiger partial charge is 0.354 e. The van der Waals surface area contributed by atoms with E-state index in [2.05, 4.69) is 10.6 Å². The number of alkyl halides is 9. The number of hydrogen-bond donors (Lipinski definition) is 2. The molecule has 2 amide bonds. The molecule has 14 heteroatoms. The molecule has 5 nitrogen and oxygen atoms in total. The summed E-state index contributed by atoms with van der Waals surface area (Å²) < 4.78 is 117. The predicted octanol–water partition coefficient (Wildman–Crippen LogP) is 4.87. The Labute approximate surface area is 201 Å². The van der Waals surface area contributed by atoms with Gasteiger partial charge in [0.25, 0.3) is 5.91 Å². The van der Waals surface area contributed by atoms with E-state index in [0.717, 1.165) is 13.8 Å². The predicted molar refractivity (Wildman–Crippen MR) is 111 cm³/mol. The van der Waals surface area contributed by atoms with Gasteiger partial charge in [-0.05, 0) is 63.9 Å². The molecule has 36 heavy (non-hydrogen) atoms.